The van der Waals surface area contributed by atoms with Gasteiger partial charge in [0.25, 0.3) is 0 Å². The molecule has 0 saturated heterocycles. The van der Waals surface area contributed by atoms with Crippen LogP contribution in [-0.4, -0.2) is 23.7 Å². The van der Waals surface area contributed by atoms with Crippen molar-refractivity contribution in [2.24, 2.45) is 0 Å². The van der Waals surface area contributed by atoms with Crippen molar-refractivity contribution in [3.8, 4) is 84.7 Å². The lowest BCUT2D eigenvalue weighted by atomic mass is 9.75. The van der Waals surface area contributed by atoms with Gasteiger partial charge in [-0.1, -0.05) is 196 Å². The van der Waals surface area contributed by atoms with Crippen LogP contribution in [0.5, 0.6) is 11.5 Å². The lowest BCUT2D eigenvalue weighted by Crippen LogP contribution is -2.24. The van der Waals surface area contributed by atoms with Gasteiger partial charge in [0, 0.05) is 82.6 Å². The van der Waals surface area contributed by atoms with E-state index in [4.69, 9.17) is 14.7 Å². The molecule has 1 aliphatic rings. The quantitative estimate of drug-likeness (QED) is 0.152. The average molecular weight is 1090 g/mol. The zero-order valence-electron chi connectivity index (χ0n) is 46.8. The second kappa shape index (κ2) is 19.0. The van der Waals surface area contributed by atoms with Crippen LogP contribution >= 0.6 is 0 Å². The van der Waals surface area contributed by atoms with Crippen LogP contribution in [-0.2, 0) is 5.41 Å². The second-order valence-corrected chi connectivity index (χ2v) is 22.9. The maximum Gasteiger partial charge on any atom is 0.160 e. The van der Waals surface area contributed by atoms with Gasteiger partial charge in [-0.25, -0.2) is 9.97 Å². The Balaban J connectivity index is 0.738. The molecule has 0 saturated carbocycles. The summed E-state index contributed by atoms with van der Waals surface area (Å²) in [5.41, 5.74) is 21.7. The van der Waals surface area contributed by atoms with Crippen LogP contribution in [0.2, 0.25) is 0 Å². The fourth-order valence-corrected chi connectivity index (χ4v) is 13.5. The van der Waals surface area contributed by atoms with Crippen molar-refractivity contribution in [3.63, 3.8) is 0 Å². The Morgan fingerprint density at radius 3 is 1.40 bits per heavy atom. The molecule has 400 valence electrons. The Morgan fingerprint density at radius 2 is 0.718 bits per heavy atom. The average Bonchev–Trinajstić information content (AvgIpc) is 2.94. The van der Waals surface area contributed by atoms with E-state index < -0.39 is 0 Å². The highest BCUT2D eigenvalue weighted by atomic mass is 16.5. The Kier molecular flexibility index (Phi) is 10.9. The number of fused-ring (bicyclic) bond motifs is 11. The predicted octanol–water partition coefficient (Wildman–Crippen LogP) is 20.5. The minimum atomic E-state index is -0.179. The molecule has 0 bridgehead atoms. The molecule has 0 atom stereocenters. The van der Waals surface area contributed by atoms with Gasteiger partial charge in [-0.3, -0.25) is 0 Å². The number of aromatic nitrogens is 5. The van der Waals surface area contributed by atoms with Crippen LogP contribution < -0.4 is 4.74 Å². The summed E-state index contributed by atoms with van der Waals surface area (Å²) in [4.78, 5) is 10.6. The Bertz CT molecular complexity index is 5360. The molecule has 5 heterocycles. The van der Waals surface area contributed by atoms with Gasteiger partial charge in [0.15, 0.2) is 5.82 Å². The van der Waals surface area contributed by atoms with Gasteiger partial charge in [-0.05, 0) is 125 Å². The van der Waals surface area contributed by atoms with E-state index in [0.29, 0.717) is 5.82 Å². The normalized spacial score (nSPS) is 12.8. The Labute approximate surface area is 491 Å². The fourth-order valence-electron chi connectivity index (χ4n) is 13.5. The second-order valence-electron chi connectivity index (χ2n) is 22.9. The molecule has 1 aliphatic heterocycles. The van der Waals surface area contributed by atoms with Crippen LogP contribution in [0.4, 0.5) is 0 Å². The van der Waals surface area contributed by atoms with E-state index in [1.807, 2.05) is 24.3 Å². The van der Waals surface area contributed by atoms with Gasteiger partial charge < -0.3 is 18.4 Å². The molecular weight excluding hydrogens is 1030 g/mol. The van der Waals surface area contributed by atoms with Crippen LogP contribution in [0.25, 0.3) is 139 Å². The third-order valence-electron chi connectivity index (χ3n) is 17.7. The van der Waals surface area contributed by atoms with Crippen LogP contribution in [0.1, 0.15) is 25.0 Å². The lowest BCUT2D eigenvalue weighted by Gasteiger charge is -2.34. The van der Waals surface area contributed by atoms with Gasteiger partial charge in [-0.15, -0.1) is 0 Å². The van der Waals surface area contributed by atoms with Crippen molar-refractivity contribution in [1.29, 1.82) is 0 Å². The maximum atomic E-state index is 6.59. The highest BCUT2D eigenvalue weighted by molar-refractivity contribution is 6.13. The number of ether oxygens (including phenoxy) is 1. The van der Waals surface area contributed by atoms with E-state index in [1.165, 1.54) is 65.6 Å². The molecule has 0 N–H and O–H groups in total. The molecule has 0 amide bonds. The molecule has 4 aromatic heterocycles. The molecule has 6 nitrogen and oxygen atoms in total. The lowest BCUT2D eigenvalue weighted by molar-refractivity contribution is 0.418. The summed E-state index contributed by atoms with van der Waals surface area (Å²) < 4.78 is 13.7. The predicted molar refractivity (Wildman–Crippen MR) is 351 cm³/mol. The summed E-state index contributed by atoms with van der Waals surface area (Å²) in [5.74, 6) is 2.49. The summed E-state index contributed by atoms with van der Waals surface area (Å²) in [6, 6.07) is 103. The van der Waals surface area contributed by atoms with Crippen molar-refractivity contribution < 1.29 is 4.74 Å². The third kappa shape index (κ3) is 7.79. The Morgan fingerprint density at radius 1 is 0.271 bits per heavy atom. The maximum absolute atomic E-state index is 6.59. The standard InChI is InChI=1S/C79H53N5O/c1-79(2)66-27-12-16-31-76(66)85-77-48-55(35-41-67(77)79)54-34-40-63-60-24-9-13-28-70(60)83(75(63)47-54)58-38-32-50(33-39-58)68-49-69(81-78(80-68)51-18-5-3-6-19-51)56-20-17-23-59(44-56)84-72-30-15-11-26-62(72)65-46-53(37-43-74(65)84)52-36-42-73-64(45-52)61-25-10-14-29-71(61)82(73)57-21-7-4-8-22-57/h3-49H,1-2H3. The number of rotatable bonds is 8. The first-order valence-electron chi connectivity index (χ1n) is 29.1. The van der Waals surface area contributed by atoms with E-state index >= 15 is 0 Å². The molecule has 0 spiro atoms. The molecule has 0 aliphatic carbocycles. The minimum absolute atomic E-state index is 0.179. The fraction of sp³-hybridized carbons (Fsp3) is 0.0380. The van der Waals surface area contributed by atoms with Crippen LogP contribution in [0, 0.1) is 0 Å². The number of nitrogens with zero attached hydrogens (tertiary/aromatic N) is 5. The molecule has 17 rings (SSSR count). The van der Waals surface area contributed by atoms with Crippen molar-refractivity contribution in [3.05, 3.63) is 296 Å². The summed E-state index contributed by atoms with van der Waals surface area (Å²) >= 11 is 0. The zero-order chi connectivity index (χ0) is 56.3. The van der Waals surface area contributed by atoms with Gasteiger partial charge >= 0.3 is 0 Å². The van der Waals surface area contributed by atoms with E-state index in [-0.39, 0.29) is 5.41 Å². The van der Waals surface area contributed by atoms with Crippen molar-refractivity contribution in [2.45, 2.75) is 19.3 Å². The van der Waals surface area contributed by atoms with E-state index in [9.17, 15) is 0 Å². The first-order valence-corrected chi connectivity index (χ1v) is 29.1. The molecule has 0 radical (unpaired) electrons. The first kappa shape index (κ1) is 48.6. The molecule has 0 fully saturated rings. The summed E-state index contributed by atoms with van der Waals surface area (Å²) in [6.45, 7) is 4.56. The van der Waals surface area contributed by atoms with Crippen molar-refractivity contribution in [1.82, 2.24) is 23.7 Å². The largest absolute Gasteiger partial charge is 0.457 e. The highest BCUT2D eigenvalue weighted by Gasteiger charge is 2.34. The molecule has 6 heteroatoms. The number of hydrogen-bond donors (Lipinski definition) is 0. The van der Waals surface area contributed by atoms with Gasteiger partial charge in [0.1, 0.15) is 11.5 Å². The topological polar surface area (TPSA) is 49.8 Å². The summed E-state index contributed by atoms with van der Waals surface area (Å²) in [6.07, 6.45) is 0. The van der Waals surface area contributed by atoms with E-state index in [1.54, 1.807) is 0 Å². The number of hydrogen-bond acceptors (Lipinski definition) is 3. The van der Waals surface area contributed by atoms with Gasteiger partial charge in [-0.2, -0.15) is 0 Å². The third-order valence-corrected chi connectivity index (χ3v) is 17.7. The highest BCUT2D eigenvalue weighted by Crippen LogP contribution is 2.49. The van der Waals surface area contributed by atoms with E-state index in [2.05, 4.69) is 288 Å². The first-order chi connectivity index (χ1) is 41.9. The zero-order valence-corrected chi connectivity index (χ0v) is 46.8. The van der Waals surface area contributed by atoms with Crippen molar-refractivity contribution >= 4 is 65.4 Å². The smallest absolute Gasteiger partial charge is 0.160 e. The molecule has 12 aromatic carbocycles. The molecule has 85 heavy (non-hydrogen) atoms. The van der Waals surface area contributed by atoms with Gasteiger partial charge in [0.05, 0.1) is 44.5 Å². The molecule has 0 unspecified atom stereocenters. The van der Waals surface area contributed by atoms with Gasteiger partial charge in [0.2, 0.25) is 0 Å². The summed E-state index contributed by atoms with van der Waals surface area (Å²) in [5, 5.41) is 7.29. The number of benzene rings is 12. The SMILES string of the molecule is CC1(C)c2ccccc2Oc2cc(-c3ccc4c5ccccc5n(-c5ccc(-c6cc(-c7cccc(-n8c9ccccc9c9cc(-c%10ccc%11c(c%10)c%10ccccc%10n%11-c%10ccccc%10)ccc98)c7)nc(-c7ccccc7)n6)cc5)c4c3)ccc21. The summed E-state index contributed by atoms with van der Waals surface area (Å²) in [7, 11) is 0. The minimum Gasteiger partial charge on any atom is -0.457 e. The molecular formula is C79H53N5O. The monoisotopic (exact) mass is 1090 g/mol. The van der Waals surface area contributed by atoms with Crippen LogP contribution in [0.15, 0.2) is 285 Å². The molecule has 16 aromatic rings. The van der Waals surface area contributed by atoms with Crippen molar-refractivity contribution in [2.75, 3.05) is 0 Å². The van der Waals surface area contributed by atoms with Crippen LogP contribution in [0.3, 0.4) is 0 Å². The number of para-hydroxylation sites is 5. The van der Waals surface area contributed by atoms with E-state index in [0.717, 1.165) is 89.8 Å². The Hall–Kier alpha value is -11.1.